The monoisotopic (exact) mass is 570 g/mol. The maximum atomic E-state index is 15.4. The van der Waals surface area contributed by atoms with Gasteiger partial charge in [-0.2, -0.15) is 4.39 Å². The number of halogens is 2. The molecule has 1 aromatic carbocycles. The summed E-state index contributed by atoms with van der Waals surface area (Å²) >= 11 is 0.629. The number of ether oxygens (including phenoxy) is 1. The summed E-state index contributed by atoms with van der Waals surface area (Å²) in [4.78, 5) is 48.4. The summed E-state index contributed by atoms with van der Waals surface area (Å²) in [7, 11) is 3.08. The van der Waals surface area contributed by atoms with Crippen LogP contribution in [0.1, 0.15) is 31.2 Å². The Hall–Kier alpha value is -3.77. The van der Waals surface area contributed by atoms with Crippen molar-refractivity contribution in [1.82, 2.24) is 9.97 Å². The minimum absolute atomic E-state index is 0.0365. The molecule has 5 rings (SSSR count). The van der Waals surface area contributed by atoms with E-state index in [0.29, 0.717) is 53.5 Å². The van der Waals surface area contributed by atoms with Crippen LogP contribution in [0.5, 0.6) is 0 Å². The number of hydrogen-bond donors (Lipinski definition) is 1. The van der Waals surface area contributed by atoms with Crippen LogP contribution in [-0.4, -0.2) is 60.2 Å². The van der Waals surface area contributed by atoms with Crippen molar-refractivity contribution in [3.8, 4) is 22.4 Å². The molecule has 40 heavy (non-hydrogen) atoms. The van der Waals surface area contributed by atoms with Crippen LogP contribution in [-0.2, 0) is 25.5 Å². The molecule has 2 aliphatic rings. The lowest BCUT2D eigenvalue weighted by atomic mass is 9.86. The lowest BCUT2D eigenvalue weighted by Crippen LogP contribution is -2.35. The van der Waals surface area contributed by atoms with Gasteiger partial charge in [0, 0.05) is 56.1 Å². The van der Waals surface area contributed by atoms with Crippen LogP contribution in [0.15, 0.2) is 30.5 Å². The molecule has 0 spiro atoms. The minimum atomic E-state index is -1.09. The summed E-state index contributed by atoms with van der Waals surface area (Å²) in [5.74, 6) is -2.36. The Bertz CT molecular complexity index is 1470. The van der Waals surface area contributed by atoms with Gasteiger partial charge in [0.05, 0.1) is 12.8 Å². The first-order valence-corrected chi connectivity index (χ1v) is 13.7. The first kappa shape index (κ1) is 27.8. The first-order valence-electron chi connectivity index (χ1n) is 12.9. The van der Waals surface area contributed by atoms with Gasteiger partial charge in [-0.15, -0.1) is 0 Å². The summed E-state index contributed by atoms with van der Waals surface area (Å²) in [6.45, 7) is 1.14. The highest BCUT2D eigenvalue weighted by Crippen LogP contribution is 2.39. The average Bonchev–Trinajstić information content (AvgIpc) is 3.46. The standard InChI is InChI=1S/C28H28F2N4O5S/c1-33-22(35)11-16-10-18(14-31-26(16)33)20-4-3-19(29)13-21(20)24-25(30)40-28(32-24)34(2)27(38)17(12-23(36)37)9-15-5-7-39-8-6-15/h3-4,10,13-15,17H,5-9,11-12H2,1-2H3,(H,36,37). The van der Waals surface area contributed by atoms with E-state index in [9.17, 15) is 23.9 Å². The fraction of sp³-hybridized carbons (Fsp3) is 0.393. The molecular formula is C28H28F2N4O5S. The predicted octanol–water partition coefficient (Wildman–Crippen LogP) is 4.54. The number of benzene rings is 1. The van der Waals surface area contributed by atoms with E-state index in [0.717, 1.165) is 12.8 Å². The Morgan fingerprint density at radius 2 is 1.98 bits per heavy atom. The van der Waals surface area contributed by atoms with Gasteiger partial charge in [-0.3, -0.25) is 24.2 Å². The lowest BCUT2D eigenvalue weighted by Gasteiger charge is -2.27. The van der Waals surface area contributed by atoms with E-state index in [1.807, 2.05) is 0 Å². The first-order chi connectivity index (χ1) is 19.1. The lowest BCUT2D eigenvalue weighted by molar-refractivity contribution is -0.141. The highest BCUT2D eigenvalue weighted by Gasteiger charge is 2.32. The second kappa shape index (κ2) is 11.4. The molecule has 1 fully saturated rings. The number of nitrogens with zero attached hydrogens (tertiary/aromatic N) is 4. The van der Waals surface area contributed by atoms with Crippen molar-refractivity contribution in [1.29, 1.82) is 0 Å². The van der Waals surface area contributed by atoms with Crippen molar-refractivity contribution in [3.63, 3.8) is 0 Å². The van der Waals surface area contributed by atoms with E-state index in [4.69, 9.17) is 4.74 Å². The zero-order valence-electron chi connectivity index (χ0n) is 22.0. The van der Waals surface area contributed by atoms with Crippen LogP contribution >= 0.6 is 11.3 Å². The Balaban J connectivity index is 1.45. The van der Waals surface area contributed by atoms with Crippen LogP contribution < -0.4 is 9.80 Å². The van der Waals surface area contributed by atoms with Crippen LogP contribution in [0.3, 0.4) is 0 Å². The number of hydrogen-bond acceptors (Lipinski definition) is 7. The van der Waals surface area contributed by atoms with Crippen LogP contribution in [0.4, 0.5) is 19.7 Å². The summed E-state index contributed by atoms with van der Waals surface area (Å²) in [5.41, 5.74) is 1.77. The van der Waals surface area contributed by atoms with Crippen LogP contribution in [0, 0.1) is 22.8 Å². The number of anilines is 2. The molecule has 2 amide bonds. The van der Waals surface area contributed by atoms with Crippen molar-refractivity contribution in [2.24, 2.45) is 11.8 Å². The van der Waals surface area contributed by atoms with Crippen molar-refractivity contribution in [2.75, 3.05) is 37.1 Å². The van der Waals surface area contributed by atoms with Gasteiger partial charge >= 0.3 is 5.97 Å². The number of thiazole rings is 1. The maximum absolute atomic E-state index is 15.4. The number of aliphatic carboxylic acids is 1. The highest BCUT2D eigenvalue weighted by atomic mass is 32.1. The van der Waals surface area contributed by atoms with Gasteiger partial charge in [0.2, 0.25) is 16.9 Å². The molecule has 12 heteroatoms. The number of carboxylic acid groups (broad SMARTS) is 1. The molecule has 3 aromatic rings. The summed E-state index contributed by atoms with van der Waals surface area (Å²) in [6.07, 6.45) is 3.24. The van der Waals surface area contributed by atoms with Crippen molar-refractivity contribution in [2.45, 2.75) is 32.1 Å². The van der Waals surface area contributed by atoms with E-state index < -0.39 is 28.7 Å². The van der Waals surface area contributed by atoms with Gasteiger partial charge in [0.1, 0.15) is 17.3 Å². The summed E-state index contributed by atoms with van der Waals surface area (Å²) in [5, 5.41) is 8.75. The molecule has 0 radical (unpaired) electrons. The number of amides is 2. The van der Waals surface area contributed by atoms with Crippen molar-refractivity contribution >= 4 is 40.1 Å². The fourth-order valence-corrected chi connectivity index (χ4v) is 6.06. The SMILES string of the molecule is CN(C(=O)C(CC(=O)O)CC1CCOCC1)c1nc(-c2cc(F)ccc2-c2cnc3c(c2)CC(=O)N3C)c(F)s1. The molecule has 1 N–H and O–H groups in total. The number of fused-ring (bicyclic) bond motifs is 1. The molecule has 1 atom stereocenters. The second-order valence-electron chi connectivity index (χ2n) is 10.1. The zero-order chi connectivity index (χ0) is 28.6. The Kier molecular flexibility index (Phi) is 7.90. The maximum Gasteiger partial charge on any atom is 0.304 e. The topological polar surface area (TPSA) is 113 Å². The van der Waals surface area contributed by atoms with Gasteiger partial charge in [-0.05, 0) is 48.9 Å². The molecule has 1 unspecified atom stereocenters. The quantitative estimate of drug-likeness (QED) is 0.423. The highest BCUT2D eigenvalue weighted by molar-refractivity contribution is 7.14. The zero-order valence-corrected chi connectivity index (χ0v) is 22.8. The number of aromatic nitrogens is 2. The number of rotatable bonds is 8. The molecule has 0 aliphatic carbocycles. The average molecular weight is 571 g/mol. The van der Waals surface area contributed by atoms with E-state index in [1.54, 1.807) is 13.1 Å². The Morgan fingerprint density at radius 1 is 1.23 bits per heavy atom. The van der Waals surface area contributed by atoms with Crippen molar-refractivity contribution in [3.05, 3.63) is 47.0 Å². The summed E-state index contributed by atoms with van der Waals surface area (Å²) in [6, 6.07) is 5.69. The molecule has 4 heterocycles. The third kappa shape index (κ3) is 5.59. The molecule has 210 valence electrons. The molecule has 2 aromatic heterocycles. The predicted molar refractivity (Wildman–Crippen MR) is 145 cm³/mol. The Morgan fingerprint density at radius 3 is 2.70 bits per heavy atom. The van der Waals surface area contributed by atoms with Crippen LogP contribution in [0.25, 0.3) is 22.4 Å². The van der Waals surface area contributed by atoms with Gasteiger partial charge in [-0.1, -0.05) is 17.4 Å². The van der Waals surface area contributed by atoms with Crippen LogP contribution in [0.2, 0.25) is 0 Å². The van der Waals surface area contributed by atoms with E-state index in [1.165, 1.54) is 41.2 Å². The molecule has 9 nitrogen and oxygen atoms in total. The number of carboxylic acids is 1. The molecule has 1 saturated heterocycles. The van der Waals surface area contributed by atoms with Gasteiger partial charge in [0.15, 0.2) is 5.13 Å². The molecule has 0 bridgehead atoms. The number of pyridine rings is 1. The fourth-order valence-electron chi connectivity index (χ4n) is 5.28. The minimum Gasteiger partial charge on any atom is -0.481 e. The molecule has 0 saturated carbocycles. The number of carbonyl (C=O) groups is 3. The normalized spacial score (nSPS) is 16.2. The molecule has 2 aliphatic heterocycles. The van der Waals surface area contributed by atoms with E-state index in [-0.39, 0.29) is 41.1 Å². The van der Waals surface area contributed by atoms with E-state index >= 15 is 4.39 Å². The third-order valence-electron chi connectivity index (χ3n) is 7.45. The number of carbonyl (C=O) groups excluding carboxylic acids is 2. The third-order valence-corrected chi connectivity index (χ3v) is 8.37. The van der Waals surface area contributed by atoms with Gasteiger partial charge < -0.3 is 9.84 Å². The largest absolute Gasteiger partial charge is 0.481 e. The second-order valence-corrected chi connectivity index (χ2v) is 11.1. The smallest absolute Gasteiger partial charge is 0.304 e. The molecular weight excluding hydrogens is 542 g/mol. The van der Waals surface area contributed by atoms with E-state index in [2.05, 4.69) is 9.97 Å². The summed E-state index contributed by atoms with van der Waals surface area (Å²) < 4.78 is 35.1. The van der Waals surface area contributed by atoms with Gasteiger partial charge in [0.25, 0.3) is 0 Å². The number of likely N-dealkylation sites (N-methyl/N-ethyl adjacent to an activating group) is 1. The Labute approximate surface area is 233 Å². The van der Waals surface area contributed by atoms with Crippen molar-refractivity contribution < 1.29 is 33.0 Å². The van der Waals surface area contributed by atoms with Gasteiger partial charge in [-0.25, -0.2) is 14.4 Å².